The zero-order valence-corrected chi connectivity index (χ0v) is 14.1. The van der Waals surface area contributed by atoms with Crippen LogP contribution < -0.4 is 15.4 Å². The third-order valence-electron chi connectivity index (χ3n) is 4.64. The van der Waals surface area contributed by atoms with Crippen molar-refractivity contribution in [3.8, 4) is 5.75 Å². The molecule has 4 nitrogen and oxygen atoms in total. The van der Waals surface area contributed by atoms with Crippen molar-refractivity contribution in [1.29, 1.82) is 0 Å². The minimum atomic E-state index is -0.885. The van der Waals surface area contributed by atoms with Crippen molar-refractivity contribution < 1.29 is 22.7 Å². The fourth-order valence-electron chi connectivity index (χ4n) is 3.26. The summed E-state index contributed by atoms with van der Waals surface area (Å²) in [5, 5.41) is 5.96. The molecule has 1 unspecified atom stereocenters. The van der Waals surface area contributed by atoms with Crippen LogP contribution in [0.25, 0.3) is 0 Å². The van der Waals surface area contributed by atoms with Gasteiger partial charge in [-0.3, -0.25) is 0 Å². The zero-order chi connectivity index (χ0) is 18.7. The Hall–Kier alpha value is -2.54. The molecule has 7 heteroatoms. The van der Waals surface area contributed by atoms with Crippen LogP contribution >= 0.6 is 0 Å². The largest absolute Gasteiger partial charge is 0.412 e. The van der Waals surface area contributed by atoms with E-state index in [-0.39, 0.29) is 23.6 Å². The van der Waals surface area contributed by atoms with E-state index < -0.39 is 23.5 Å². The minimum Gasteiger partial charge on any atom is -0.410 e. The lowest BCUT2D eigenvalue weighted by molar-refractivity contribution is 0.191. The molecule has 1 aliphatic heterocycles. The summed E-state index contributed by atoms with van der Waals surface area (Å²) in [4.78, 5) is 12.0. The second-order valence-corrected chi connectivity index (χ2v) is 6.38. The maximum absolute atomic E-state index is 13.5. The molecule has 3 rings (SSSR count). The van der Waals surface area contributed by atoms with Crippen LogP contribution in [0.5, 0.6) is 5.75 Å². The fraction of sp³-hybridized carbons (Fsp3) is 0.316. The van der Waals surface area contributed by atoms with Gasteiger partial charge in [-0.2, -0.15) is 0 Å². The van der Waals surface area contributed by atoms with Crippen molar-refractivity contribution in [2.45, 2.75) is 18.9 Å². The van der Waals surface area contributed by atoms with Gasteiger partial charge in [-0.1, -0.05) is 6.07 Å². The molecule has 0 aliphatic carbocycles. The van der Waals surface area contributed by atoms with Crippen molar-refractivity contribution in [2.24, 2.45) is 5.92 Å². The van der Waals surface area contributed by atoms with Gasteiger partial charge >= 0.3 is 6.09 Å². The molecule has 1 amide bonds. The van der Waals surface area contributed by atoms with Gasteiger partial charge in [0.1, 0.15) is 11.6 Å². The van der Waals surface area contributed by atoms with E-state index in [0.29, 0.717) is 18.7 Å². The fourth-order valence-corrected chi connectivity index (χ4v) is 3.26. The second kappa shape index (κ2) is 7.78. The Bertz CT molecular complexity index is 783. The van der Waals surface area contributed by atoms with Crippen molar-refractivity contribution in [1.82, 2.24) is 10.6 Å². The van der Waals surface area contributed by atoms with Gasteiger partial charge in [0.05, 0.1) is 0 Å². The molecule has 1 saturated heterocycles. The van der Waals surface area contributed by atoms with Crippen molar-refractivity contribution in [2.75, 3.05) is 13.1 Å². The Balaban J connectivity index is 1.64. The molecule has 0 aromatic heterocycles. The van der Waals surface area contributed by atoms with Gasteiger partial charge < -0.3 is 15.4 Å². The normalized spacial score (nSPS) is 20.6. The van der Waals surface area contributed by atoms with Crippen molar-refractivity contribution >= 4 is 6.09 Å². The monoisotopic (exact) mass is 364 g/mol. The first-order chi connectivity index (χ1) is 12.4. The standard InChI is InChI=1S/C19H19F3N2O2/c1-11(24-19(25)26-14-5-3-13(20)4-6-14)15-9-23-10-16(15)12-2-7-17(21)18(22)8-12/h2-8,11,15-16,23H,9-10H2,1H3,(H,24,25)/t11?,15-,16-/m0/s1. The number of rotatable bonds is 4. The summed E-state index contributed by atoms with van der Waals surface area (Å²) in [6.45, 7) is 3.06. The number of carbonyl (C=O) groups is 1. The highest BCUT2D eigenvalue weighted by Crippen LogP contribution is 2.31. The first kappa shape index (κ1) is 18.3. The average Bonchev–Trinajstić information content (AvgIpc) is 3.09. The predicted octanol–water partition coefficient (Wildman–Crippen LogP) is 3.58. The molecule has 0 radical (unpaired) electrons. The highest BCUT2D eigenvalue weighted by atomic mass is 19.2. The minimum absolute atomic E-state index is 0.0133. The summed E-state index contributed by atoms with van der Waals surface area (Å²) in [5.74, 6) is -2.03. The molecule has 2 N–H and O–H groups in total. The van der Waals surface area contributed by atoms with Crippen molar-refractivity contribution in [3.05, 3.63) is 65.5 Å². The molecule has 2 aromatic carbocycles. The van der Waals surface area contributed by atoms with Gasteiger partial charge in [0, 0.05) is 25.0 Å². The number of hydrogen-bond donors (Lipinski definition) is 2. The highest BCUT2D eigenvalue weighted by Gasteiger charge is 2.34. The second-order valence-electron chi connectivity index (χ2n) is 6.38. The van der Waals surface area contributed by atoms with Crippen LogP contribution in [0.4, 0.5) is 18.0 Å². The van der Waals surface area contributed by atoms with Crippen LogP contribution in [0.2, 0.25) is 0 Å². The number of nitrogens with one attached hydrogen (secondary N) is 2. The number of carbonyl (C=O) groups excluding carboxylic acids is 1. The van der Waals surface area contributed by atoms with Gasteiger partial charge in [-0.15, -0.1) is 0 Å². The lowest BCUT2D eigenvalue weighted by atomic mass is 9.84. The SMILES string of the molecule is CC(NC(=O)Oc1ccc(F)cc1)[C@@H]1CNC[C@H]1c1ccc(F)c(F)c1. The van der Waals surface area contributed by atoms with E-state index in [4.69, 9.17) is 4.74 Å². The van der Waals surface area contributed by atoms with Crippen LogP contribution in [0, 0.1) is 23.4 Å². The molecule has 0 bridgehead atoms. The van der Waals surface area contributed by atoms with Crippen LogP contribution in [0.3, 0.4) is 0 Å². The molecule has 138 valence electrons. The Kier molecular flexibility index (Phi) is 5.46. The maximum atomic E-state index is 13.5. The lowest BCUT2D eigenvalue weighted by Gasteiger charge is -2.26. The molecule has 1 aliphatic rings. The molecule has 2 aromatic rings. The van der Waals surface area contributed by atoms with Gasteiger partial charge in [0.15, 0.2) is 11.6 Å². The van der Waals surface area contributed by atoms with E-state index >= 15 is 0 Å². The van der Waals surface area contributed by atoms with E-state index in [1.54, 1.807) is 6.07 Å². The van der Waals surface area contributed by atoms with Gasteiger partial charge in [0.2, 0.25) is 0 Å². The van der Waals surface area contributed by atoms with Gasteiger partial charge in [-0.05, 0) is 54.8 Å². The summed E-state index contributed by atoms with van der Waals surface area (Å²) in [7, 11) is 0. The van der Waals surface area contributed by atoms with Gasteiger partial charge in [0.25, 0.3) is 0 Å². The summed E-state index contributed by atoms with van der Waals surface area (Å²) in [6, 6.07) is 8.73. The van der Waals surface area contributed by atoms with E-state index in [0.717, 1.165) is 6.07 Å². The first-order valence-corrected chi connectivity index (χ1v) is 8.33. The van der Waals surface area contributed by atoms with Crippen LogP contribution in [-0.4, -0.2) is 25.2 Å². The molecule has 0 spiro atoms. The van der Waals surface area contributed by atoms with E-state index in [1.165, 1.54) is 30.3 Å². The van der Waals surface area contributed by atoms with Crippen LogP contribution in [0.15, 0.2) is 42.5 Å². The Morgan fingerprint density at radius 3 is 2.54 bits per heavy atom. The van der Waals surface area contributed by atoms with Crippen molar-refractivity contribution in [3.63, 3.8) is 0 Å². The van der Waals surface area contributed by atoms with E-state index in [1.807, 2.05) is 6.92 Å². The topological polar surface area (TPSA) is 50.4 Å². The summed E-state index contributed by atoms with van der Waals surface area (Å²) < 4.78 is 44.7. The Morgan fingerprint density at radius 1 is 1.12 bits per heavy atom. The van der Waals surface area contributed by atoms with E-state index in [9.17, 15) is 18.0 Å². The molecular formula is C19H19F3N2O2. The third kappa shape index (κ3) is 4.16. The average molecular weight is 364 g/mol. The molecule has 1 heterocycles. The Labute approximate surface area is 149 Å². The quantitative estimate of drug-likeness (QED) is 0.872. The van der Waals surface area contributed by atoms with Gasteiger partial charge in [-0.25, -0.2) is 18.0 Å². The first-order valence-electron chi connectivity index (χ1n) is 8.33. The predicted molar refractivity (Wildman–Crippen MR) is 90.5 cm³/mol. The summed E-state index contributed by atoms with van der Waals surface area (Å²) in [5.41, 5.74) is 0.680. The lowest BCUT2D eigenvalue weighted by Crippen LogP contribution is -2.42. The Morgan fingerprint density at radius 2 is 1.85 bits per heavy atom. The maximum Gasteiger partial charge on any atom is 0.412 e. The van der Waals surface area contributed by atoms with E-state index in [2.05, 4.69) is 10.6 Å². The molecule has 1 fully saturated rings. The van der Waals surface area contributed by atoms with Crippen LogP contribution in [-0.2, 0) is 0 Å². The summed E-state index contributed by atoms with van der Waals surface area (Å²) in [6.07, 6.45) is -0.653. The molecule has 3 atom stereocenters. The number of benzene rings is 2. The smallest absolute Gasteiger partial charge is 0.410 e. The number of halogens is 3. The molecular weight excluding hydrogens is 345 g/mol. The number of amides is 1. The summed E-state index contributed by atoms with van der Waals surface area (Å²) >= 11 is 0. The highest BCUT2D eigenvalue weighted by molar-refractivity contribution is 5.70. The number of hydrogen-bond acceptors (Lipinski definition) is 3. The molecule has 26 heavy (non-hydrogen) atoms. The van der Waals surface area contributed by atoms with Crippen LogP contribution in [0.1, 0.15) is 18.4 Å². The third-order valence-corrected chi connectivity index (χ3v) is 4.64. The molecule has 0 saturated carbocycles. The number of ether oxygens (including phenoxy) is 1. The zero-order valence-electron chi connectivity index (χ0n) is 14.1.